The Hall–Kier alpha value is -7.46. The second-order valence-electron chi connectivity index (χ2n) is 11.0. The molecule has 0 atom stereocenters. The van der Waals surface area contributed by atoms with Crippen molar-refractivity contribution in [3.63, 3.8) is 0 Å². The Labute approximate surface area is 291 Å². The number of aryl methyl sites for hydroxylation is 1. The first-order chi connectivity index (χ1) is 25.1. The van der Waals surface area contributed by atoms with E-state index in [9.17, 15) is 22.8 Å². The quantitative estimate of drug-likeness (QED) is 0.177. The summed E-state index contributed by atoms with van der Waals surface area (Å²) in [5.41, 5.74) is 4.63. The molecule has 52 heavy (non-hydrogen) atoms. The van der Waals surface area contributed by atoms with Crippen molar-refractivity contribution in [3.05, 3.63) is 132 Å². The number of pyridine rings is 4. The smallest absolute Gasteiger partial charge is 0.254 e. The Morgan fingerprint density at radius 2 is 1.15 bits per heavy atom. The molecule has 0 aliphatic carbocycles. The molecule has 16 heteroatoms. The van der Waals surface area contributed by atoms with Crippen LogP contribution in [0.3, 0.4) is 0 Å². The van der Waals surface area contributed by atoms with Gasteiger partial charge in [0.1, 0.15) is 34.8 Å². The van der Waals surface area contributed by atoms with Crippen LogP contribution in [0.5, 0.6) is 0 Å². The highest BCUT2D eigenvalue weighted by atomic mass is 19.4. The van der Waals surface area contributed by atoms with E-state index in [2.05, 4.69) is 46.2 Å². The van der Waals surface area contributed by atoms with Crippen LogP contribution in [0.1, 0.15) is 22.5 Å². The third-order valence-corrected chi connectivity index (χ3v) is 7.69. The standard InChI is InChI=1S/C18H9F3N6.C18H11FN6/c19-18(20,21)15-5-1-4-14(25-15)16-12(3-2-7-23-16)13-6-8-27-17(26-13)11(9-22)10-24-27;1-11-14(19)4-5-16(23-11)17-13(3-2-7-21-17)15-6-8-25-18(24-15)12(9-20)10-22-25/h1-8,10H;2-8,10H,1H3. The molecule has 252 valence electrons. The zero-order valence-corrected chi connectivity index (χ0v) is 26.7. The topological polar surface area (TPSA) is 160 Å². The molecular formula is C36H20F4N12. The van der Waals surface area contributed by atoms with Crippen LogP contribution >= 0.6 is 0 Å². The highest BCUT2D eigenvalue weighted by molar-refractivity contribution is 5.79. The van der Waals surface area contributed by atoms with E-state index in [1.54, 1.807) is 66.4 Å². The minimum Gasteiger partial charge on any atom is -0.254 e. The van der Waals surface area contributed by atoms with Gasteiger partial charge >= 0.3 is 6.18 Å². The van der Waals surface area contributed by atoms with Gasteiger partial charge in [0, 0.05) is 35.9 Å². The predicted molar refractivity (Wildman–Crippen MR) is 178 cm³/mol. The molecule has 0 amide bonds. The molecule has 8 aromatic heterocycles. The molecule has 0 N–H and O–H groups in total. The molecule has 0 bridgehead atoms. The highest BCUT2D eigenvalue weighted by Gasteiger charge is 2.32. The number of aromatic nitrogens is 10. The number of nitriles is 2. The first-order valence-corrected chi connectivity index (χ1v) is 15.2. The van der Waals surface area contributed by atoms with Gasteiger partial charge < -0.3 is 0 Å². The molecule has 0 aromatic carbocycles. The monoisotopic (exact) mass is 696 g/mol. The maximum absolute atomic E-state index is 13.5. The second-order valence-corrected chi connectivity index (χ2v) is 11.0. The van der Waals surface area contributed by atoms with E-state index in [0.717, 1.165) is 11.6 Å². The zero-order valence-electron chi connectivity index (χ0n) is 26.7. The van der Waals surface area contributed by atoms with E-state index < -0.39 is 11.9 Å². The van der Waals surface area contributed by atoms with Gasteiger partial charge in [0.2, 0.25) is 0 Å². The molecule has 8 heterocycles. The number of alkyl halides is 3. The third kappa shape index (κ3) is 6.35. The summed E-state index contributed by atoms with van der Waals surface area (Å²) in [6, 6.07) is 21.1. The Kier molecular flexibility index (Phi) is 8.55. The summed E-state index contributed by atoms with van der Waals surface area (Å²) in [6.07, 6.45) is 4.79. The molecule has 0 fully saturated rings. The van der Waals surface area contributed by atoms with E-state index in [1.165, 1.54) is 41.3 Å². The van der Waals surface area contributed by atoms with Gasteiger partial charge in [-0.15, -0.1) is 0 Å². The lowest BCUT2D eigenvalue weighted by molar-refractivity contribution is -0.141. The van der Waals surface area contributed by atoms with E-state index >= 15 is 0 Å². The largest absolute Gasteiger partial charge is 0.433 e. The molecule has 0 spiro atoms. The lowest BCUT2D eigenvalue weighted by Crippen LogP contribution is -2.08. The number of hydrogen-bond donors (Lipinski definition) is 0. The van der Waals surface area contributed by atoms with E-state index in [4.69, 9.17) is 5.26 Å². The summed E-state index contributed by atoms with van der Waals surface area (Å²) in [5, 5.41) is 26.4. The van der Waals surface area contributed by atoms with Crippen LogP contribution in [-0.4, -0.2) is 49.1 Å². The Morgan fingerprint density at radius 1 is 0.615 bits per heavy atom. The number of rotatable bonds is 4. The number of hydrogen-bond acceptors (Lipinski definition) is 10. The van der Waals surface area contributed by atoms with E-state index in [-0.39, 0.29) is 17.2 Å². The average Bonchev–Trinajstić information content (AvgIpc) is 3.79. The van der Waals surface area contributed by atoms with Crippen LogP contribution in [0, 0.1) is 35.4 Å². The third-order valence-electron chi connectivity index (χ3n) is 7.69. The van der Waals surface area contributed by atoms with Gasteiger partial charge in [-0.3, -0.25) is 9.97 Å². The van der Waals surface area contributed by atoms with Crippen molar-refractivity contribution in [1.82, 2.24) is 49.1 Å². The lowest BCUT2D eigenvalue weighted by atomic mass is 10.1. The van der Waals surface area contributed by atoms with Gasteiger partial charge in [0.05, 0.1) is 52.3 Å². The summed E-state index contributed by atoms with van der Waals surface area (Å²) in [4.78, 5) is 25.5. The average molecular weight is 697 g/mol. The van der Waals surface area contributed by atoms with Crippen molar-refractivity contribution >= 4 is 11.3 Å². The highest BCUT2D eigenvalue weighted by Crippen LogP contribution is 2.33. The summed E-state index contributed by atoms with van der Waals surface area (Å²) in [5.74, 6) is -0.362. The predicted octanol–water partition coefficient (Wildman–Crippen LogP) is 6.92. The SMILES string of the molecule is Cc1nc(-c2ncccc2-c2ccn3ncc(C#N)c3n2)ccc1F.N#Cc1cnn2ccc(-c3cccnc3-c3cccc(C(F)(F)F)n3)nc12. The minimum absolute atomic E-state index is 0.0797. The molecule has 0 radical (unpaired) electrons. The summed E-state index contributed by atoms with van der Waals surface area (Å²) >= 11 is 0. The fraction of sp³-hybridized carbons (Fsp3) is 0.0556. The van der Waals surface area contributed by atoms with Gasteiger partial charge in [0.15, 0.2) is 11.3 Å². The summed E-state index contributed by atoms with van der Waals surface area (Å²) in [6.45, 7) is 1.61. The minimum atomic E-state index is -4.55. The fourth-order valence-electron chi connectivity index (χ4n) is 5.23. The maximum Gasteiger partial charge on any atom is 0.433 e. The van der Waals surface area contributed by atoms with Gasteiger partial charge in [-0.1, -0.05) is 6.07 Å². The Bertz CT molecular complexity index is 2700. The van der Waals surface area contributed by atoms with Crippen molar-refractivity contribution in [2.24, 2.45) is 0 Å². The van der Waals surface area contributed by atoms with Crippen LogP contribution in [-0.2, 0) is 6.18 Å². The molecular weight excluding hydrogens is 676 g/mol. The number of halogens is 4. The Morgan fingerprint density at radius 3 is 1.65 bits per heavy atom. The molecule has 0 aliphatic rings. The van der Waals surface area contributed by atoms with Gasteiger partial charge in [-0.05, 0) is 67.6 Å². The van der Waals surface area contributed by atoms with Crippen molar-refractivity contribution < 1.29 is 17.6 Å². The van der Waals surface area contributed by atoms with Crippen LogP contribution in [0.4, 0.5) is 17.6 Å². The van der Waals surface area contributed by atoms with Crippen LogP contribution in [0.25, 0.3) is 56.6 Å². The van der Waals surface area contributed by atoms with Gasteiger partial charge in [0.25, 0.3) is 0 Å². The number of nitrogens with zero attached hydrogens (tertiary/aromatic N) is 12. The number of fused-ring (bicyclic) bond motifs is 2. The fourth-order valence-corrected chi connectivity index (χ4v) is 5.23. The second kappa shape index (κ2) is 13.4. The van der Waals surface area contributed by atoms with Crippen LogP contribution in [0.15, 0.2) is 104 Å². The van der Waals surface area contributed by atoms with Crippen LogP contribution in [0.2, 0.25) is 0 Å². The molecule has 0 saturated heterocycles. The van der Waals surface area contributed by atoms with Gasteiger partial charge in [-0.2, -0.15) is 33.9 Å². The Balaban J connectivity index is 0.000000162. The van der Waals surface area contributed by atoms with E-state index in [0.29, 0.717) is 56.5 Å². The van der Waals surface area contributed by atoms with Crippen molar-refractivity contribution in [2.45, 2.75) is 13.1 Å². The first kappa shape index (κ1) is 33.1. The zero-order chi connectivity index (χ0) is 36.4. The van der Waals surface area contributed by atoms with Crippen molar-refractivity contribution in [3.8, 4) is 57.4 Å². The molecule has 12 nitrogen and oxygen atoms in total. The molecule has 0 saturated carbocycles. The normalized spacial score (nSPS) is 11.1. The molecule has 0 unspecified atom stereocenters. The lowest BCUT2D eigenvalue weighted by Gasteiger charge is -2.10. The first-order valence-electron chi connectivity index (χ1n) is 15.2. The van der Waals surface area contributed by atoms with Crippen molar-refractivity contribution in [1.29, 1.82) is 10.5 Å². The van der Waals surface area contributed by atoms with Crippen molar-refractivity contribution in [2.75, 3.05) is 0 Å². The van der Waals surface area contributed by atoms with Gasteiger partial charge in [-0.25, -0.2) is 33.4 Å². The van der Waals surface area contributed by atoms with Crippen LogP contribution < -0.4 is 0 Å². The maximum atomic E-state index is 13.5. The molecule has 8 aromatic rings. The summed E-state index contributed by atoms with van der Waals surface area (Å²) in [7, 11) is 0. The molecule has 0 aliphatic heterocycles. The van der Waals surface area contributed by atoms with E-state index in [1.807, 2.05) is 12.1 Å². The molecule has 8 rings (SSSR count). The summed E-state index contributed by atoms with van der Waals surface area (Å²) < 4.78 is 55.5.